The van der Waals surface area contributed by atoms with Crippen molar-refractivity contribution in [1.29, 1.82) is 0 Å². The summed E-state index contributed by atoms with van der Waals surface area (Å²) in [5.74, 6) is -1.21. The van der Waals surface area contributed by atoms with E-state index < -0.39 is 11.4 Å². The van der Waals surface area contributed by atoms with Crippen molar-refractivity contribution in [3.8, 4) is 0 Å². The molecule has 0 aliphatic heterocycles. The minimum Gasteiger partial charge on any atom is -0.481 e. The molecule has 0 fully saturated rings. The van der Waals surface area contributed by atoms with Gasteiger partial charge in [0.15, 0.2) is 0 Å². The number of benzene rings is 1. The van der Waals surface area contributed by atoms with Gasteiger partial charge in [-0.1, -0.05) is 0 Å². The highest BCUT2D eigenvalue weighted by atomic mass is 19.1. The third kappa shape index (κ3) is 2.35. The molecule has 0 bridgehead atoms. The highest BCUT2D eigenvalue weighted by Crippen LogP contribution is 2.29. The Bertz CT molecular complexity index is 656. The molecule has 0 spiro atoms. The van der Waals surface area contributed by atoms with Gasteiger partial charge >= 0.3 is 5.97 Å². The fraction of sp³-hybridized carbons (Fsp3) is 0.400. The van der Waals surface area contributed by atoms with Crippen LogP contribution in [0.25, 0.3) is 10.9 Å². The largest absolute Gasteiger partial charge is 0.481 e. The normalized spacial score (nSPS) is 12.1. The summed E-state index contributed by atoms with van der Waals surface area (Å²) in [6.07, 6.45) is 0.304. The highest BCUT2D eigenvalue weighted by Gasteiger charge is 2.28. The van der Waals surface area contributed by atoms with Gasteiger partial charge in [0.1, 0.15) is 5.82 Å². The zero-order valence-corrected chi connectivity index (χ0v) is 11.6. The third-order valence-corrected chi connectivity index (χ3v) is 3.65. The molecule has 4 heteroatoms. The van der Waals surface area contributed by atoms with Crippen LogP contribution in [-0.4, -0.2) is 16.1 Å². The molecule has 1 aromatic carbocycles. The van der Waals surface area contributed by atoms with Crippen molar-refractivity contribution >= 4 is 16.9 Å². The molecule has 19 heavy (non-hydrogen) atoms. The Morgan fingerprint density at radius 3 is 2.58 bits per heavy atom. The molecule has 0 amide bonds. The number of halogens is 1. The first-order valence-corrected chi connectivity index (χ1v) is 6.23. The van der Waals surface area contributed by atoms with E-state index in [4.69, 9.17) is 5.11 Å². The van der Waals surface area contributed by atoms with E-state index in [0.29, 0.717) is 17.5 Å². The minimum absolute atomic E-state index is 0.304. The van der Waals surface area contributed by atoms with Gasteiger partial charge in [-0.15, -0.1) is 0 Å². The fourth-order valence-corrected chi connectivity index (χ4v) is 2.26. The molecular formula is C15H18FNO2. The molecule has 0 unspecified atom stereocenters. The number of aliphatic carboxylic acids is 1. The molecule has 1 aromatic heterocycles. The van der Waals surface area contributed by atoms with Crippen LogP contribution in [-0.2, 0) is 11.2 Å². The van der Waals surface area contributed by atoms with E-state index in [1.807, 2.05) is 19.9 Å². The molecule has 1 heterocycles. The second kappa shape index (κ2) is 4.37. The first kappa shape index (κ1) is 13.6. The number of aromatic amines is 1. The van der Waals surface area contributed by atoms with Crippen molar-refractivity contribution in [3.05, 3.63) is 34.8 Å². The van der Waals surface area contributed by atoms with E-state index in [1.54, 1.807) is 13.8 Å². The van der Waals surface area contributed by atoms with Crippen LogP contribution in [0.1, 0.15) is 30.7 Å². The fourth-order valence-electron chi connectivity index (χ4n) is 2.26. The monoisotopic (exact) mass is 263 g/mol. The van der Waals surface area contributed by atoms with Gasteiger partial charge in [-0.25, -0.2) is 4.39 Å². The predicted molar refractivity (Wildman–Crippen MR) is 72.9 cm³/mol. The van der Waals surface area contributed by atoms with Crippen LogP contribution < -0.4 is 0 Å². The lowest BCUT2D eigenvalue weighted by Gasteiger charge is -2.19. The number of carbonyl (C=O) groups is 1. The van der Waals surface area contributed by atoms with Gasteiger partial charge in [-0.05, 0) is 57.4 Å². The van der Waals surface area contributed by atoms with Crippen molar-refractivity contribution in [2.24, 2.45) is 5.41 Å². The van der Waals surface area contributed by atoms with Crippen LogP contribution in [0.4, 0.5) is 4.39 Å². The Labute approximate surface area is 111 Å². The predicted octanol–water partition coefficient (Wildman–Crippen LogP) is 3.58. The Morgan fingerprint density at radius 1 is 1.37 bits per heavy atom. The molecule has 0 aliphatic carbocycles. The summed E-state index contributed by atoms with van der Waals surface area (Å²) >= 11 is 0. The highest BCUT2D eigenvalue weighted by molar-refractivity contribution is 5.85. The molecule has 0 saturated heterocycles. The minimum atomic E-state index is -0.903. The number of hydrogen-bond acceptors (Lipinski definition) is 1. The Kier molecular flexibility index (Phi) is 3.12. The second-order valence-electron chi connectivity index (χ2n) is 5.74. The Balaban J connectivity index is 2.52. The lowest BCUT2D eigenvalue weighted by Crippen LogP contribution is -2.26. The SMILES string of the molecule is Cc1[nH]c2c(F)cc(CC(C)(C)C(=O)O)cc2c1C. The summed E-state index contributed by atoms with van der Waals surface area (Å²) in [5.41, 5.74) is 2.23. The molecule has 0 saturated carbocycles. The quantitative estimate of drug-likeness (QED) is 0.889. The molecule has 2 rings (SSSR count). The standard InChI is InChI=1S/C15H18FNO2/c1-8-9(2)17-13-11(8)5-10(6-12(13)16)7-15(3,4)14(18)19/h5-6,17H,7H2,1-4H3,(H,18,19). The number of aryl methyl sites for hydroxylation is 2. The van der Waals surface area contributed by atoms with E-state index >= 15 is 0 Å². The number of fused-ring (bicyclic) bond motifs is 1. The second-order valence-corrected chi connectivity index (χ2v) is 5.74. The van der Waals surface area contributed by atoms with Crippen LogP contribution in [0.15, 0.2) is 12.1 Å². The molecule has 0 atom stereocenters. The Hall–Kier alpha value is -1.84. The third-order valence-electron chi connectivity index (χ3n) is 3.65. The van der Waals surface area contributed by atoms with E-state index in [9.17, 15) is 9.18 Å². The van der Waals surface area contributed by atoms with Crippen LogP contribution in [0.2, 0.25) is 0 Å². The zero-order chi connectivity index (χ0) is 14.4. The first-order valence-electron chi connectivity index (χ1n) is 6.23. The van der Waals surface area contributed by atoms with E-state index in [-0.39, 0.29) is 5.82 Å². The van der Waals surface area contributed by atoms with Gasteiger partial charge in [-0.3, -0.25) is 4.79 Å². The number of carboxylic acids is 1. The van der Waals surface area contributed by atoms with Crippen molar-refractivity contribution in [2.45, 2.75) is 34.1 Å². The topological polar surface area (TPSA) is 53.1 Å². The van der Waals surface area contributed by atoms with E-state index in [0.717, 1.165) is 16.6 Å². The number of nitrogens with one attached hydrogen (secondary N) is 1. The summed E-state index contributed by atoms with van der Waals surface area (Å²) in [7, 11) is 0. The lowest BCUT2D eigenvalue weighted by molar-refractivity contribution is -0.146. The van der Waals surface area contributed by atoms with Crippen molar-refractivity contribution < 1.29 is 14.3 Å². The lowest BCUT2D eigenvalue weighted by atomic mass is 9.85. The maximum Gasteiger partial charge on any atom is 0.309 e. The molecule has 0 radical (unpaired) electrons. The maximum absolute atomic E-state index is 14.0. The number of H-pyrrole nitrogens is 1. The van der Waals surface area contributed by atoms with Gasteiger partial charge in [0.25, 0.3) is 0 Å². The smallest absolute Gasteiger partial charge is 0.309 e. The molecule has 2 aromatic rings. The number of aromatic nitrogens is 1. The summed E-state index contributed by atoms with van der Waals surface area (Å²) in [4.78, 5) is 14.2. The molecule has 0 aliphatic rings. The number of carboxylic acid groups (broad SMARTS) is 1. The van der Waals surface area contributed by atoms with Gasteiger partial charge in [-0.2, -0.15) is 0 Å². The average molecular weight is 263 g/mol. The van der Waals surface area contributed by atoms with Crippen LogP contribution in [0, 0.1) is 25.1 Å². The number of rotatable bonds is 3. The average Bonchev–Trinajstić information content (AvgIpc) is 2.56. The van der Waals surface area contributed by atoms with Crippen LogP contribution in [0.5, 0.6) is 0 Å². The summed E-state index contributed by atoms with van der Waals surface area (Å²) < 4.78 is 14.0. The zero-order valence-electron chi connectivity index (χ0n) is 11.6. The summed E-state index contributed by atoms with van der Waals surface area (Å²) in [5, 5.41) is 9.97. The van der Waals surface area contributed by atoms with Gasteiger partial charge < -0.3 is 10.1 Å². The van der Waals surface area contributed by atoms with Crippen molar-refractivity contribution in [1.82, 2.24) is 4.98 Å². The maximum atomic E-state index is 14.0. The first-order chi connectivity index (χ1) is 8.72. The van der Waals surface area contributed by atoms with Crippen molar-refractivity contribution in [2.75, 3.05) is 0 Å². The molecular weight excluding hydrogens is 245 g/mol. The van der Waals surface area contributed by atoms with Crippen LogP contribution >= 0.6 is 0 Å². The summed E-state index contributed by atoms with van der Waals surface area (Å²) in [6.45, 7) is 7.12. The van der Waals surface area contributed by atoms with E-state index in [2.05, 4.69) is 4.98 Å². The number of hydrogen-bond donors (Lipinski definition) is 2. The molecule has 102 valence electrons. The van der Waals surface area contributed by atoms with E-state index in [1.165, 1.54) is 6.07 Å². The van der Waals surface area contributed by atoms with Gasteiger partial charge in [0.05, 0.1) is 10.9 Å². The van der Waals surface area contributed by atoms with Gasteiger partial charge in [0.2, 0.25) is 0 Å². The van der Waals surface area contributed by atoms with Crippen LogP contribution in [0.3, 0.4) is 0 Å². The van der Waals surface area contributed by atoms with Crippen molar-refractivity contribution in [3.63, 3.8) is 0 Å². The molecule has 3 nitrogen and oxygen atoms in total. The molecule has 2 N–H and O–H groups in total. The van der Waals surface area contributed by atoms with Gasteiger partial charge in [0, 0.05) is 11.1 Å². The summed E-state index contributed by atoms with van der Waals surface area (Å²) in [6, 6.07) is 3.30. The Morgan fingerprint density at radius 2 is 2.00 bits per heavy atom.